The molecule has 9 nitrogen and oxygen atoms in total. The van der Waals surface area contributed by atoms with Gasteiger partial charge in [-0.15, -0.1) is 0 Å². The maximum Gasteiger partial charge on any atom is 0.271 e. The normalized spacial score (nSPS) is 15.7. The minimum absolute atomic E-state index is 0.0644. The Labute approximate surface area is 172 Å². The fraction of sp³-hybridized carbons (Fsp3) is 0.278. The number of aryl methyl sites for hydroxylation is 1. The summed E-state index contributed by atoms with van der Waals surface area (Å²) >= 11 is 6.30. The number of nitro benzene ring substituents is 1. The van der Waals surface area contributed by atoms with Crippen molar-refractivity contribution in [2.75, 3.05) is 31.1 Å². The number of nitrogens with zero attached hydrogens (tertiary/aromatic N) is 4. The number of hydrogen-bond donors (Lipinski definition) is 1. The van der Waals surface area contributed by atoms with Gasteiger partial charge in [0.1, 0.15) is 10.5 Å². The zero-order chi connectivity index (χ0) is 20.8. The summed E-state index contributed by atoms with van der Waals surface area (Å²) in [6.07, 6.45) is 3.07. The Morgan fingerprint density at radius 1 is 1.24 bits per heavy atom. The Balaban J connectivity index is 1.56. The van der Waals surface area contributed by atoms with Crippen LogP contribution in [-0.2, 0) is 10.0 Å². The quantitative estimate of drug-likeness (QED) is 0.498. The minimum atomic E-state index is -3.68. The second-order valence-electron chi connectivity index (χ2n) is 6.79. The number of sulfonamides is 1. The van der Waals surface area contributed by atoms with Crippen LogP contribution in [0.15, 0.2) is 41.6 Å². The Kier molecular flexibility index (Phi) is 4.93. The van der Waals surface area contributed by atoms with Gasteiger partial charge in [-0.3, -0.25) is 10.1 Å². The third-order valence-electron chi connectivity index (χ3n) is 5.04. The van der Waals surface area contributed by atoms with Gasteiger partial charge >= 0.3 is 0 Å². The number of hydrogen-bond acceptors (Lipinski definition) is 6. The number of aromatic amines is 1. The molecule has 0 bridgehead atoms. The van der Waals surface area contributed by atoms with E-state index in [0.717, 1.165) is 0 Å². The fourth-order valence-electron chi connectivity index (χ4n) is 3.66. The van der Waals surface area contributed by atoms with E-state index in [9.17, 15) is 18.5 Å². The van der Waals surface area contributed by atoms with Gasteiger partial charge in [0.2, 0.25) is 10.0 Å². The highest BCUT2D eigenvalue weighted by Gasteiger charge is 2.31. The van der Waals surface area contributed by atoms with Crippen molar-refractivity contribution in [3.8, 4) is 0 Å². The molecule has 1 saturated heterocycles. The van der Waals surface area contributed by atoms with Gasteiger partial charge in [0.15, 0.2) is 0 Å². The molecule has 0 spiro atoms. The molecule has 0 atom stereocenters. The number of non-ortho nitro benzene ring substituents is 1. The molecule has 1 fully saturated rings. The topological polar surface area (TPSA) is 112 Å². The molecule has 0 saturated carbocycles. The summed E-state index contributed by atoms with van der Waals surface area (Å²) in [4.78, 5) is 19.7. The molecule has 0 unspecified atom stereocenters. The molecule has 4 rings (SSSR count). The highest BCUT2D eigenvalue weighted by Crippen LogP contribution is 2.35. The first-order valence-electron chi connectivity index (χ1n) is 8.91. The maximum absolute atomic E-state index is 13.1. The SMILES string of the molecule is Cc1cc([N+](=O)[O-])cc(Cl)c1N1CCN(S(=O)(=O)c2c[nH]c3ncccc23)CC1. The molecule has 3 heterocycles. The second-order valence-corrected chi connectivity index (χ2v) is 9.11. The van der Waals surface area contributed by atoms with Crippen LogP contribution in [0.2, 0.25) is 5.02 Å². The molecule has 1 aromatic carbocycles. The highest BCUT2D eigenvalue weighted by molar-refractivity contribution is 7.89. The van der Waals surface area contributed by atoms with Crippen molar-refractivity contribution in [3.05, 3.63) is 57.4 Å². The molecule has 0 aliphatic carbocycles. The molecule has 2 aromatic heterocycles. The van der Waals surface area contributed by atoms with E-state index in [4.69, 9.17) is 11.6 Å². The molecule has 1 aliphatic rings. The molecule has 11 heteroatoms. The van der Waals surface area contributed by atoms with Gasteiger partial charge in [-0.2, -0.15) is 4.31 Å². The summed E-state index contributed by atoms with van der Waals surface area (Å²) in [6.45, 7) is 3.18. The lowest BCUT2D eigenvalue weighted by Gasteiger charge is -2.36. The number of halogens is 1. The number of piperazine rings is 1. The number of anilines is 1. The zero-order valence-electron chi connectivity index (χ0n) is 15.5. The summed E-state index contributed by atoms with van der Waals surface area (Å²) in [5.41, 5.74) is 1.84. The van der Waals surface area contributed by atoms with Crippen molar-refractivity contribution < 1.29 is 13.3 Å². The van der Waals surface area contributed by atoms with Crippen molar-refractivity contribution >= 4 is 44.0 Å². The summed E-state index contributed by atoms with van der Waals surface area (Å²) in [5.74, 6) is 0. The lowest BCUT2D eigenvalue weighted by Crippen LogP contribution is -2.48. The van der Waals surface area contributed by atoms with E-state index in [-0.39, 0.29) is 28.7 Å². The number of H-pyrrole nitrogens is 1. The van der Waals surface area contributed by atoms with Gasteiger partial charge < -0.3 is 9.88 Å². The molecule has 1 N–H and O–H groups in total. The van der Waals surface area contributed by atoms with E-state index in [2.05, 4.69) is 9.97 Å². The van der Waals surface area contributed by atoms with Crippen LogP contribution in [0.3, 0.4) is 0 Å². The van der Waals surface area contributed by atoms with Crippen molar-refractivity contribution in [1.82, 2.24) is 14.3 Å². The van der Waals surface area contributed by atoms with Gasteiger partial charge in [-0.25, -0.2) is 13.4 Å². The van der Waals surface area contributed by atoms with Gasteiger partial charge in [-0.05, 0) is 24.6 Å². The van der Waals surface area contributed by atoms with Crippen LogP contribution < -0.4 is 4.90 Å². The Morgan fingerprint density at radius 2 is 1.97 bits per heavy atom. The Bertz CT molecular complexity index is 1180. The van der Waals surface area contributed by atoms with Crippen molar-refractivity contribution in [3.63, 3.8) is 0 Å². The summed E-state index contributed by atoms with van der Waals surface area (Å²) in [5, 5.41) is 11.9. The first kappa shape index (κ1) is 19.6. The van der Waals surface area contributed by atoms with E-state index in [1.165, 1.54) is 22.6 Å². The third-order valence-corrected chi connectivity index (χ3v) is 7.26. The van der Waals surface area contributed by atoms with E-state index < -0.39 is 14.9 Å². The van der Waals surface area contributed by atoms with Crippen molar-refractivity contribution in [2.45, 2.75) is 11.8 Å². The zero-order valence-corrected chi connectivity index (χ0v) is 17.1. The molecule has 0 radical (unpaired) electrons. The number of benzene rings is 1. The van der Waals surface area contributed by atoms with Crippen LogP contribution >= 0.6 is 11.6 Å². The number of nitro groups is 1. The van der Waals surface area contributed by atoms with Crippen LogP contribution in [0.1, 0.15) is 5.56 Å². The van der Waals surface area contributed by atoms with Gasteiger partial charge in [0, 0.05) is 56.1 Å². The molecule has 29 heavy (non-hydrogen) atoms. The standard InChI is InChI=1S/C18H18ClN5O4S/c1-12-9-13(24(25)26)10-15(19)17(12)22-5-7-23(8-6-22)29(27,28)16-11-21-18-14(16)3-2-4-20-18/h2-4,9-11H,5-8H2,1H3,(H,20,21). The van der Waals surface area contributed by atoms with Crippen LogP contribution in [0.25, 0.3) is 11.0 Å². The summed E-state index contributed by atoms with van der Waals surface area (Å²) < 4.78 is 27.7. The van der Waals surface area contributed by atoms with Gasteiger partial charge in [0.05, 0.1) is 15.6 Å². The number of nitrogens with one attached hydrogen (secondary N) is 1. The van der Waals surface area contributed by atoms with E-state index in [1.54, 1.807) is 25.3 Å². The van der Waals surface area contributed by atoms with E-state index in [0.29, 0.717) is 35.4 Å². The highest BCUT2D eigenvalue weighted by atomic mass is 35.5. The summed E-state index contributed by atoms with van der Waals surface area (Å²) in [7, 11) is -3.68. The Hall–Kier alpha value is -2.69. The van der Waals surface area contributed by atoms with Gasteiger partial charge in [0.25, 0.3) is 5.69 Å². The van der Waals surface area contributed by atoms with E-state index in [1.807, 2.05) is 4.90 Å². The van der Waals surface area contributed by atoms with Crippen LogP contribution in [-0.4, -0.2) is 53.8 Å². The maximum atomic E-state index is 13.1. The van der Waals surface area contributed by atoms with Crippen molar-refractivity contribution in [2.24, 2.45) is 0 Å². The number of fused-ring (bicyclic) bond motifs is 1. The number of aromatic nitrogens is 2. The van der Waals surface area contributed by atoms with Crippen molar-refractivity contribution in [1.29, 1.82) is 0 Å². The van der Waals surface area contributed by atoms with Crippen LogP contribution in [0.4, 0.5) is 11.4 Å². The van der Waals surface area contributed by atoms with Crippen LogP contribution in [0.5, 0.6) is 0 Å². The molecule has 1 aliphatic heterocycles. The molecular weight excluding hydrogens is 418 g/mol. The average molecular weight is 436 g/mol. The third kappa shape index (κ3) is 3.43. The fourth-order valence-corrected chi connectivity index (χ4v) is 5.61. The van der Waals surface area contributed by atoms with Gasteiger partial charge in [-0.1, -0.05) is 11.6 Å². The molecule has 152 valence electrons. The minimum Gasteiger partial charge on any atom is -0.367 e. The predicted octanol–water partition coefficient (Wildman–Crippen LogP) is 2.94. The smallest absolute Gasteiger partial charge is 0.271 e. The first-order chi connectivity index (χ1) is 13.8. The first-order valence-corrected chi connectivity index (χ1v) is 10.7. The number of pyridine rings is 1. The Morgan fingerprint density at radius 3 is 2.62 bits per heavy atom. The lowest BCUT2D eigenvalue weighted by atomic mass is 10.1. The largest absolute Gasteiger partial charge is 0.367 e. The second kappa shape index (κ2) is 7.29. The predicted molar refractivity (Wildman–Crippen MR) is 110 cm³/mol. The lowest BCUT2D eigenvalue weighted by molar-refractivity contribution is -0.384. The monoisotopic (exact) mass is 435 g/mol. The summed E-state index contributed by atoms with van der Waals surface area (Å²) in [6, 6.07) is 6.23. The van der Waals surface area contributed by atoms with Crippen LogP contribution in [0, 0.1) is 17.0 Å². The molecule has 0 amide bonds. The molecular formula is C18H18ClN5O4S. The number of rotatable bonds is 4. The van der Waals surface area contributed by atoms with E-state index >= 15 is 0 Å². The molecule has 3 aromatic rings. The average Bonchev–Trinajstić information content (AvgIpc) is 3.13.